The van der Waals surface area contributed by atoms with E-state index >= 15 is 0 Å². The van der Waals surface area contributed by atoms with Gasteiger partial charge in [0.15, 0.2) is 0 Å². The van der Waals surface area contributed by atoms with E-state index in [4.69, 9.17) is 5.14 Å². The maximum absolute atomic E-state index is 11.5. The highest BCUT2D eigenvalue weighted by atomic mass is 32.2. The van der Waals surface area contributed by atoms with Gasteiger partial charge in [-0.25, -0.2) is 13.6 Å². The molecule has 0 fully saturated rings. The molecule has 0 saturated heterocycles. The van der Waals surface area contributed by atoms with Gasteiger partial charge in [0.05, 0.1) is 10.6 Å². The fraction of sp³-hybridized carbons (Fsp3) is 0.133. The van der Waals surface area contributed by atoms with Crippen LogP contribution in [0.1, 0.15) is 16.7 Å². The SMILES string of the molecule is Cc1cc(S(N)(=O)=O)cc(N=Cc2ccccc2O)c1C. The van der Waals surface area contributed by atoms with E-state index in [0.717, 1.165) is 11.1 Å². The largest absolute Gasteiger partial charge is 0.507 e. The smallest absolute Gasteiger partial charge is 0.238 e. The number of nitrogens with zero attached hydrogens (tertiary/aromatic N) is 1. The number of rotatable bonds is 3. The first kappa shape index (κ1) is 15.2. The van der Waals surface area contributed by atoms with Crippen molar-refractivity contribution in [3.63, 3.8) is 0 Å². The average molecular weight is 304 g/mol. The molecule has 5 nitrogen and oxygen atoms in total. The molecule has 3 N–H and O–H groups in total. The van der Waals surface area contributed by atoms with Gasteiger partial charge < -0.3 is 5.11 Å². The number of hydrogen-bond donors (Lipinski definition) is 2. The van der Waals surface area contributed by atoms with Gasteiger partial charge >= 0.3 is 0 Å². The van der Waals surface area contributed by atoms with E-state index in [1.807, 2.05) is 6.92 Å². The molecule has 0 aromatic heterocycles. The number of benzene rings is 2. The molecule has 0 radical (unpaired) electrons. The summed E-state index contributed by atoms with van der Waals surface area (Å²) >= 11 is 0. The monoisotopic (exact) mass is 304 g/mol. The Hall–Kier alpha value is -2.18. The standard InChI is InChI=1S/C15H16N2O3S/c1-10-7-13(21(16,19)20)8-14(11(10)2)17-9-12-5-3-4-6-15(12)18/h3-9,18H,1-2H3,(H2,16,19,20). The lowest BCUT2D eigenvalue weighted by atomic mass is 10.1. The minimum absolute atomic E-state index is 0.0232. The first-order chi connectivity index (χ1) is 9.79. The quantitative estimate of drug-likeness (QED) is 0.853. The van der Waals surface area contributed by atoms with E-state index in [9.17, 15) is 13.5 Å². The zero-order valence-corrected chi connectivity index (χ0v) is 12.6. The molecular formula is C15H16N2O3S. The van der Waals surface area contributed by atoms with Crippen molar-refractivity contribution < 1.29 is 13.5 Å². The number of aromatic hydroxyl groups is 1. The van der Waals surface area contributed by atoms with Gasteiger partial charge in [-0.15, -0.1) is 0 Å². The van der Waals surface area contributed by atoms with E-state index in [2.05, 4.69) is 4.99 Å². The van der Waals surface area contributed by atoms with Crippen molar-refractivity contribution in [1.29, 1.82) is 0 Å². The third-order valence-corrected chi connectivity index (χ3v) is 4.11. The van der Waals surface area contributed by atoms with Crippen molar-refractivity contribution in [3.05, 3.63) is 53.1 Å². The Morgan fingerprint density at radius 1 is 1.19 bits per heavy atom. The first-order valence-corrected chi connectivity index (χ1v) is 7.80. The number of aryl methyl sites for hydroxylation is 1. The summed E-state index contributed by atoms with van der Waals surface area (Å²) in [4.78, 5) is 4.29. The van der Waals surface area contributed by atoms with Crippen LogP contribution < -0.4 is 5.14 Å². The number of hydrogen-bond acceptors (Lipinski definition) is 4. The van der Waals surface area contributed by atoms with E-state index in [0.29, 0.717) is 11.3 Å². The van der Waals surface area contributed by atoms with Crippen LogP contribution in [0.15, 0.2) is 46.3 Å². The molecule has 0 unspecified atom stereocenters. The highest BCUT2D eigenvalue weighted by Crippen LogP contribution is 2.26. The van der Waals surface area contributed by atoms with Gasteiger partial charge in [0.2, 0.25) is 10.0 Å². The van der Waals surface area contributed by atoms with Gasteiger partial charge in [0.25, 0.3) is 0 Å². The number of phenols is 1. The topological polar surface area (TPSA) is 92.8 Å². The number of primary sulfonamides is 1. The van der Waals surface area contributed by atoms with Gasteiger partial charge in [-0.05, 0) is 49.2 Å². The molecule has 2 aromatic rings. The minimum Gasteiger partial charge on any atom is -0.507 e. The summed E-state index contributed by atoms with van der Waals surface area (Å²) in [5.41, 5.74) is 2.69. The van der Waals surface area contributed by atoms with E-state index in [1.54, 1.807) is 31.2 Å². The van der Waals surface area contributed by atoms with Crippen molar-refractivity contribution in [1.82, 2.24) is 0 Å². The summed E-state index contributed by atoms with van der Waals surface area (Å²) in [5.74, 6) is 0.109. The molecule has 21 heavy (non-hydrogen) atoms. The zero-order chi connectivity index (χ0) is 15.6. The number of nitrogens with two attached hydrogens (primary N) is 1. The summed E-state index contributed by atoms with van der Waals surface area (Å²) in [6.45, 7) is 3.64. The second kappa shape index (κ2) is 5.67. The van der Waals surface area contributed by atoms with Crippen molar-refractivity contribution in [2.24, 2.45) is 10.1 Å². The lowest BCUT2D eigenvalue weighted by molar-refractivity contribution is 0.474. The molecular weight excluding hydrogens is 288 g/mol. The highest BCUT2D eigenvalue weighted by molar-refractivity contribution is 7.89. The van der Waals surface area contributed by atoms with Crippen LogP contribution in [-0.4, -0.2) is 19.7 Å². The van der Waals surface area contributed by atoms with Crippen LogP contribution in [0.25, 0.3) is 0 Å². The third kappa shape index (κ3) is 3.48. The van der Waals surface area contributed by atoms with Crippen molar-refractivity contribution in [3.8, 4) is 5.75 Å². The van der Waals surface area contributed by atoms with Crippen LogP contribution in [0.3, 0.4) is 0 Å². The summed E-state index contributed by atoms with van der Waals surface area (Å²) in [6, 6.07) is 9.70. The summed E-state index contributed by atoms with van der Waals surface area (Å²) in [6.07, 6.45) is 1.49. The van der Waals surface area contributed by atoms with Gasteiger partial charge in [-0.2, -0.15) is 0 Å². The number of sulfonamides is 1. The van der Waals surface area contributed by atoms with Crippen LogP contribution in [0.2, 0.25) is 0 Å². The maximum atomic E-state index is 11.5. The predicted octanol–water partition coefficient (Wildman–Crippen LogP) is 2.41. The Bertz CT molecular complexity index is 812. The third-order valence-electron chi connectivity index (χ3n) is 3.22. The maximum Gasteiger partial charge on any atom is 0.238 e. The second-order valence-corrected chi connectivity index (χ2v) is 6.31. The highest BCUT2D eigenvalue weighted by Gasteiger charge is 2.12. The van der Waals surface area contributed by atoms with Gasteiger partial charge in [-0.3, -0.25) is 4.99 Å². The Balaban J connectivity index is 2.50. The molecule has 0 atom stereocenters. The lowest BCUT2D eigenvalue weighted by Crippen LogP contribution is -2.12. The molecule has 0 aliphatic heterocycles. The van der Waals surface area contributed by atoms with Crippen LogP contribution in [0.5, 0.6) is 5.75 Å². The molecule has 0 heterocycles. The molecule has 0 saturated carbocycles. The van der Waals surface area contributed by atoms with Crippen molar-refractivity contribution >= 4 is 21.9 Å². The van der Waals surface area contributed by atoms with E-state index in [-0.39, 0.29) is 10.6 Å². The molecule has 2 rings (SSSR count). The molecule has 110 valence electrons. The Morgan fingerprint density at radius 3 is 2.48 bits per heavy atom. The molecule has 0 aliphatic carbocycles. The molecule has 6 heteroatoms. The summed E-state index contributed by atoms with van der Waals surface area (Å²) in [5, 5.41) is 14.8. The Kier molecular flexibility index (Phi) is 4.11. The normalized spacial score (nSPS) is 12.0. The van der Waals surface area contributed by atoms with E-state index in [1.165, 1.54) is 18.3 Å². The van der Waals surface area contributed by atoms with Crippen molar-refractivity contribution in [2.75, 3.05) is 0 Å². The van der Waals surface area contributed by atoms with Crippen LogP contribution in [0.4, 0.5) is 5.69 Å². The van der Waals surface area contributed by atoms with Crippen molar-refractivity contribution in [2.45, 2.75) is 18.7 Å². The van der Waals surface area contributed by atoms with Gasteiger partial charge in [0.1, 0.15) is 5.75 Å². The van der Waals surface area contributed by atoms with Crippen LogP contribution >= 0.6 is 0 Å². The Morgan fingerprint density at radius 2 is 1.86 bits per heavy atom. The molecule has 0 bridgehead atoms. The van der Waals surface area contributed by atoms with Crippen LogP contribution in [0, 0.1) is 13.8 Å². The predicted molar refractivity (Wildman–Crippen MR) is 82.7 cm³/mol. The Labute approximate surface area is 123 Å². The van der Waals surface area contributed by atoms with E-state index < -0.39 is 10.0 Å². The number of phenolic OH excluding ortho intramolecular Hbond substituents is 1. The zero-order valence-electron chi connectivity index (χ0n) is 11.7. The lowest BCUT2D eigenvalue weighted by Gasteiger charge is -2.07. The summed E-state index contributed by atoms with van der Waals surface area (Å²) in [7, 11) is -3.78. The number of aliphatic imine (C=N–C) groups is 1. The summed E-state index contributed by atoms with van der Waals surface area (Å²) < 4.78 is 22.9. The fourth-order valence-electron chi connectivity index (χ4n) is 1.84. The van der Waals surface area contributed by atoms with Gasteiger partial charge in [-0.1, -0.05) is 12.1 Å². The number of para-hydroxylation sites is 1. The minimum atomic E-state index is -3.78. The van der Waals surface area contributed by atoms with Gasteiger partial charge in [0, 0.05) is 11.8 Å². The fourth-order valence-corrected chi connectivity index (χ4v) is 2.46. The molecule has 0 amide bonds. The molecule has 0 spiro atoms. The average Bonchev–Trinajstić information content (AvgIpc) is 2.40. The first-order valence-electron chi connectivity index (χ1n) is 6.25. The molecule has 0 aliphatic rings. The second-order valence-electron chi connectivity index (χ2n) is 4.75. The van der Waals surface area contributed by atoms with Crippen LogP contribution in [-0.2, 0) is 10.0 Å². The molecule has 2 aromatic carbocycles.